The molecule has 3 aliphatic carbocycles. The molecule has 0 bridgehead atoms. The number of benzene rings is 1. The highest BCUT2D eigenvalue weighted by Gasteiger charge is 2.64. The summed E-state index contributed by atoms with van der Waals surface area (Å²) in [6, 6.07) is 4.02. The van der Waals surface area contributed by atoms with Crippen LogP contribution in [0.25, 0.3) is 16.9 Å². The summed E-state index contributed by atoms with van der Waals surface area (Å²) in [4.78, 5) is 45.5. The molecule has 2 aromatic rings. The van der Waals surface area contributed by atoms with E-state index in [0.29, 0.717) is 34.6 Å². The van der Waals surface area contributed by atoms with E-state index >= 15 is 0 Å². The van der Waals surface area contributed by atoms with Gasteiger partial charge in [0.2, 0.25) is 11.7 Å². The van der Waals surface area contributed by atoms with Gasteiger partial charge in [-0.2, -0.15) is 0 Å². The fourth-order valence-corrected chi connectivity index (χ4v) is 6.95. The Hall–Kier alpha value is -4.29. The molecule has 0 radical (unpaired) electrons. The number of Topliss-reactive ketones (excluding diaryl/α,β-unsaturated/α-hetero) is 2. The number of likely N-dealkylation sites (N-methyl/N-ethyl adjacent to an activating group) is 1. The lowest BCUT2D eigenvalue weighted by Gasteiger charge is -2.50. The number of phenols is 1. The van der Waals surface area contributed by atoms with Gasteiger partial charge in [0.15, 0.2) is 11.4 Å². The molecule has 1 fully saturated rings. The van der Waals surface area contributed by atoms with Crippen LogP contribution in [0.3, 0.4) is 0 Å². The van der Waals surface area contributed by atoms with Crippen LogP contribution in [-0.2, 0) is 27.2 Å². The van der Waals surface area contributed by atoms with Gasteiger partial charge in [0, 0.05) is 29.3 Å². The number of carbonyl (C=O) groups excluding carboxylic acids is 3. The van der Waals surface area contributed by atoms with Gasteiger partial charge in [-0.25, -0.2) is 4.98 Å². The highest BCUT2D eigenvalue weighted by atomic mass is 19.1. The van der Waals surface area contributed by atoms with E-state index in [9.17, 15) is 39.2 Å². The van der Waals surface area contributed by atoms with Gasteiger partial charge in [0.1, 0.15) is 22.8 Å². The third-order valence-electron chi connectivity index (χ3n) is 9.23. The lowest BCUT2D eigenvalue weighted by molar-refractivity contribution is -0.153. The van der Waals surface area contributed by atoms with E-state index in [-0.39, 0.29) is 42.1 Å². The molecule has 5 rings (SSSR count). The molecule has 0 spiro atoms. The SMILES string of the molecule is COc1ccc(-c2cc(CCC(C)CF)c(O)c3c2C[C@H]2C[C@H]4[C@@H](N(C)C)C(=O)C(C(N)=O)=C(O)[C@@]4(O)C(=O)C2=C3O)cn1. The van der Waals surface area contributed by atoms with Crippen LogP contribution in [0, 0.1) is 17.8 Å². The summed E-state index contributed by atoms with van der Waals surface area (Å²) in [6.45, 7) is 1.19. The van der Waals surface area contributed by atoms with Crippen molar-refractivity contribution < 1.29 is 43.9 Å². The van der Waals surface area contributed by atoms with Crippen LogP contribution in [0.4, 0.5) is 4.39 Å². The van der Waals surface area contributed by atoms with Crippen LogP contribution in [0.1, 0.15) is 36.5 Å². The summed E-state index contributed by atoms with van der Waals surface area (Å²) >= 11 is 0. The predicted molar refractivity (Wildman–Crippen MR) is 157 cm³/mol. The van der Waals surface area contributed by atoms with Crippen molar-refractivity contribution in [3.63, 3.8) is 0 Å². The van der Waals surface area contributed by atoms with Gasteiger partial charge < -0.3 is 30.9 Å². The zero-order chi connectivity index (χ0) is 32.2. The second-order valence-corrected chi connectivity index (χ2v) is 12.1. The summed E-state index contributed by atoms with van der Waals surface area (Å²) in [6.07, 6.45) is 2.35. The number of methoxy groups -OCH3 is 1. The highest BCUT2D eigenvalue weighted by Crippen LogP contribution is 2.54. The van der Waals surface area contributed by atoms with Gasteiger partial charge in [-0.3, -0.25) is 23.7 Å². The summed E-state index contributed by atoms with van der Waals surface area (Å²) in [5.41, 5.74) is 3.74. The molecular formula is C32H36FN3O8. The number of nitrogens with two attached hydrogens (primary N) is 1. The number of alkyl halides is 1. The summed E-state index contributed by atoms with van der Waals surface area (Å²) in [5.74, 6) is -7.01. The molecule has 44 heavy (non-hydrogen) atoms. The van der Waals surface area contributed by atoms with E-state index in [1.807, 2.05) is 0 Å². The van der Waals surface area contributed by atoms with Gasteiger partial charge in [0.05, 0.1) is 25.4 Å². The van der Waals surface area contributed by atoms with Gasteiger partial charge in [-0.15, -0.1) is 0 Å². The first-order valence-corrected chi connectivity index (χ1v) is 14.4. The van der Waals surface area contributed by atoms with Crippen LogP contribution >= 0.6 is 0 Å². The second-order valence-electron chi connectivity index (χ2n) is 12.1. The monoisotopic (exact) mass is 609 g/mol. The minimum Gasteiger partial charge on any atom is -0.508 e. The molecule has 1 aromatic heterocycles. The summed E-state index contributed by atoms with van der Waals surface area (Å²) in [5, 5.41) is 46.1. The first-order valence-electron chi connectivity index (χ1n) is 14.4. The summed E-state index contributed by atoms with van der Waals surface area (Å²) < 4.78 is 18.5. The predicted octanol–water partition coefficient (Wildman–Crippen LogP) is 2.57. The van der Waals surface area contributed by atoms with Crippen LogP contribution in [0.5, 0.6) is 11.6 Å². The van der Waals surface area contributed by atoms with E-state index < -0.39 is 64.7 Å². The number of hydrogen-bond donors (Lipinski definition) is 5. The maximum atomic E-state index is 14.2. The topological polar surface area (TPSA) is 184 Å². The molecule has 6 N–H and O–H groups in total. The van der Waals surface area contributed by atoms with Gasteiger partial charge in [-0.05, 0) is 80.4 Å². The number of aryl methyl sites for hydroxylation is 1. The Bertz CT molecular complexity index is 1620. The van der Waals surface area contributed by atoms with Crippen LogP contribution in [0.15, 0.2) is 41.3 Å². The standard InChI is InChI=1S/C32H36FN3O8/c1-14(12-33)5-6-15-9-18(16-7-8-21(44-4)35-13-16)19-10-17-11-20-25(36(2)3)28(39)24(31(34)42)30(41)32(20,43)29(40)22(17)27(38)23(19)26(15)37/h7-9,13-14,17,20,25,37-38,41,43H,5-6,10-12H2,1-4H3,(H2,34,42)/t14?,17-,20-,25+,32-/m0/s1. The zero-order valence-corrected chi connectivity index (χ0v) is 24.9. The fraction of sp³-hybridized carbons (Fsp3) is 0.438. The van der Waals surface area contributed by atoms with E-state index in [1.165, 1.54) is 12.0 Å². The number of amides is 1. The number of carbonyl (C=O) groups is 3. The Morgan fingerprint density at radius 1 is 1.25 bits per heavy atom. The number of phenolic OH excluding ortho intramolecular Hbond substituents is 1. The largest absolute Gasteiger partial charge is 0.508 e. The van der Waals surface area contributed by atoms with Crippen LogP contribution in [-0.4, -0.2) is 87.3 Å². The Labute approximate surface area is 253 Å². The number of fused-ring (bicyclic) bond motifs is 3. The molecule has 1 aromatic carbocycles. The Morgan fingerprint density at radius 2 is 1.95 bits per heavy atom. The van der Waals surface area contributed by atoms with Crippen molar-refractivity contribution in [3.8, 4) is 22.8 Å². The number of aliphatic hydroxyl groups excluding tert-OH is 2. The lowest BCUT2D eigenvalue weighted by atomic mass is 9.57. The van der Waals surface area contributed by atoms with Crippen LogP contribution in [0.2, 0.25) is 0 Å². The first-order chi connectivity index (χ1) is 20.8. The Balaban J connectivity index is 1.74. The number of ether oxygens (including phenoxy) is 1. The van der Waals surface area contributed by atoms with E-state index in [1.54, 1.807) is 45.4 Å². The van der Waals surface area contributed by atoms with E-state index in [2.05, 4.69) is 4.98 Å². The summed E-state index contributed by atoms with van der Waals surface area (Å²) in [7, 11) is 4.58. The third kappa shape index (κ3) is 4.63. The first kappa shape index (κ1) is 31.1. The molecule has 5 atom stereocenters. The van der Waals surface area contributed by atoms with Crippen LogP contribution < -0.4 is 10.5 Å². The molecule has 3 aliphatic rings. The molecule has 234 valence electrons. The maximum absolute atomic E-state index is 14.2. The number of aromatic hydroxyl groups is 1. The Kier molecular flexibility index (Phi) is 8.02. The van der Waals surface area contributed by atoms with E-state index in [4.69, 9.17) is 10.5 Å². The number of rotatable bonds is 8. The van der Waals surface area contributed by atoms with Crippen molar-refractivity contribution in [2.75, 3.05) is 27.9 Å². The van der Waals surface area contributed by atoms with E-state index in [0.717, 1.165) is 0 Å². The van der Waals surface area contributed by atoms with Crippen molar-refractivity contribution in [1.82, 2.24) is 9.88 Å². The Morgan fingerprint density at radius 3 is 2.52 bits per heavy atom. The molecule has 1 heterocycles. The molecular weight excluding hydrogens is 573 g/mol. The highest BCUT2D eigenvalue weighted by molar-refractivity contribution is 6.24. The number of aliphatic hydroxyl groups is 3. The number of aromatic nitrogens is 1. The average Bonchev–Trinajstić information content (AvgIpc) is 2.98. The molecule has 0 saturated heterocycles. The number of nitrogens with zero attached hydrogens (tertiary/aromatic N) is 2. The quantitative estimate of drug-likeness (QED) is 0.279. The van der Waals surface area contributed by atoms with Gasteiger partial charge >= 0.3 is 0 Å². The van der Waals surface area contributed by atoms with Crippen molar-refractivity contribution in [2.24, 2.45) is 23.5 Å². The molecule has 1 saturated carbocycles. The second kappa shape index (κ2) is 11.3. The van der Waals surface area contributed by atoms with Gasteiger partial charge in [0.25, 0.3) is 5.91 Å². The normalized spacial score (nSPS) is 25.5. The van der Waals surface area contributed by atoms with Crippen molar-refractivity contribution >= 4 is 23.2 Å². The molecule has 12 heteroatoms. The number of primary amides is 1. The van der Waals surface area contributed by atoms with Crippen molar-refractivity contribution in [1.29, 1.82) is 0 Å². The number of hydrogen-bond acceptors (Lipinski definition) is 10. The van der Waals surface area contributed by atoms with Gasteiger partial charge in [-0.1, -0.05) is 6.92 Å². The average molecular weight is 610 g/mol. The number of halogens is 1. The zero-order valence-electron chi connectivity index (χ0n) is 24.9. The third-order valence-corrected chi connectivity index (χ3v) is 9.23. The molecule has 1 amide bonds. The lowest BCUT2D eigenvalue weighted by Crippen LogP contribution is -2.65. The maximum Gasteiger partial charge on any atom is 0.255 e. The van der Waals surface area contributed by atoms with Crippen molar-refractivity contribution in [3.05, 3.63) is 58.0 Å². The van der Waals surface area contributed by atoms with Crippen molar-refractivity contribution in [2.45, 2.75) is 44.2 Å². The smallest absolute Gasteiger partial charge is 0.255 e. The molecule has 1 unspecified atom stereocenters. The minimum absolute atomic E-state index is 0.0162. The number of pyridine rings is 1. The molecule has 0 aliphatic heterocycles. The molecule has 11 nitrogen and oxygen atoms in total. The fourth-order valence-electron chi connectivity index (χ4n) is 6.95. The minimum atomic E-state index is -2.73. The number of ketones is 2.